The lowest BCUT2D eigenvalue weighted by Crippen LogP contribution is -2.35. The predicted molar refractivity (Wildman–Crippen MR) is 120 cm³/mol. The molecule has 1 amide bonds. The van der Waals surface area contributed by atoms with E-state index in [4.69, 9.17) is 18.5 Å². The van der Waals surface area contributed by atoms with Crippen LogP contribution < -0.4 is 9.47 Å². The summed E-state index contributed by atoms with van der Waals surface area (Å²) >= 11 is 0. The van der Waals surface area contributed by atoms with Crippen LogP contribution in [0.5, 0.6) is 11.5 Å². The van der Waals surface area contributed by atoms with E-state index in [1.165, 1.54) is 25.3 Å². The van der Waals surface area contributed by atoms with Gasteiger partial charge in [-0.2, -0.15) is 18.2 Å². The maximum atomic E-state index is 13.3. The molecule has 3 heterocycles. The Hall–Kier alpha value is -3.61. The number of amides is 1. The molecule has 2 aromatic heterocycles. The molecule has 1 fully saturated rings. The molecule has 4 rings (SSSR count). The molecule has 1 aliphatic heterocycles. The molecule has 0 bridgehead atoms. The van der Waals surface area contributed by atoms with E-state index < -0.39 is 18.7 Å². The van der Waals surface area contributed by atoms with Gasteiger partial charge < -0.3 is 23.4 Å². The summed E-state index contributed by atoms with van der Waals surface area (Å²) in [5, 5.41) is 7.95. The van der Waals surface area contributed by atoms with Crippen molar-refractivity contribution in [2.45, 2.75) is 33.0 Å². The number of hydrogen-bond acceptors (Lipinski definition) is 9. The number of halogens is 3. The molecular formula is C23H26F3N5O5. The Morgan fingerprint density at radius 2 is 1.92 bits per heavy atom. The van der Waals surface area contributed by atoms with E-state index in [9.17, 15) is 18.0 Å². The van der Waals surface area contributed by atoms with E-state index in [2.05, 4.69) is 20.2 Å². The molecule has 13 heteroatoms. The first kappa shape index (κ1) is 25.5. The number of ether oxygens (including phenoxy) is 2. The lowest BCUT2D eigenvalue weighted by molar-refractivity contribution is -0.153. The third kappa shape index (κ3) is 5.96. The third-order valence-corrected chi connectivity index (χ3v) is 5.76. The molecule has 3 aromatic rings. The highest BCUT2D eigenvalue weighted by atomic mass is 19.4. The molecule has 0 radical (unpaired) electrons. The first-order valence-corrected chi connectivity index (χ1v) is 11.3. The molecule has 0 aliphatic carbocycles. The van der Waals surface area contributed by atoms with E-state index in [0.717, 1.165) is 0 Å². The largest absolute Gasteiger partial charge is 0.497 e. The standard InChI is InChI=1S/C23H26F3N5O5/c1-14-20(15(2)35-28-14)21-27-19(29-36-21)12-30-7-4-8-31(10-9-30)22(32)17-11-16(33-3)5-6-18(17)34-13-23(24,25)26/h5-6,11H,4,7-10,12-13H2,1-3H3. The molecule has 194 valence electrons. The van der Waals surface area contributed by atoms with Crippen LogP contribution in [0.25, 0.3) is 11.5 Å². The number of hydrogen-bond donors (Lipinski definition) is 0. The lowest BCUT2D eigenvalue weighted by Gasteiger charge is -2.23. The van der Waals surface area contributed by atoms with Crippen molar-refractivity contribution in [1.82, 2.24) is 25.1 Å². The van der Waals surface area contributed by atoms with Crippen molar-refractivity contribution in [3.8, 4) is 23.0 Å². The van der Waals surface area contributed by atoms with E-state index in [0.29, 0.717) is 73.6 Å². The lowest BCUT2D eigenvalue weighted by atomic mass is 10.1. The molecule has 1 saturated heterocycles. The van der Waals surface area contributed by atoms with E-state index >= 15 is 0 Å². The molecule has 0 N–H and O–H groups in total. The molecule has 0 saturated carbocycles. The van der Waals surface area contributed by atoms with Gasteiger partial charge in [-0.1, -0.05) is 10.3 Å². The second-order valence-corrected chi connectivity index (χ2v) is 8.40. The minimum atomic E-state index is -4.52. The Bertz CT molecular complexity index is 1190. The fourth-order valence-electron chi connectivity index (χ4n) is 4.00. The van der Waals surface area contributed by atoms with Gasteiger partial charge in [0.25, 0.3) is 11.8 Å². The maximum absolute atomic E-state index is 13.3. The summed E-state index contributed by atoms with van der Waals surface area (Å²) in [7, 11) is 1.42. The number of rotatable bonds is 7. The van der Waals surface area contributed by atoms with Crippen LogP contribution in [0.3, 0.4) is 0 Å². The van der Waals surface area contributed by atoms with Crippen LogP contribution in [0, 0.1) is 13.8 Å². The van der Waals surface area contributed by atoms with E-state index in [-0.39, 0.29) is 11.3 Å². The molecule has 0 atom stereocenters. The van der Waals surface area contributed by atoms with E-state index in [1.54, 1.807) is 18.7 Å². The van der Waals surface area contributed by atoms with Gasteiger partial charge >= 0.3 is 6.18 Å². The summed E-state index contributed by atoms with van der Waals surface area (Å²) in [6, 6.07) is 4.16. The van der Waals surface area contributed by atoms with Gasteiger partial charge in [0, 0.05) is 26.2 Å². The summed E-state index contributed by atoms with van der Waals surface area (Å²) in [6.07, 6.45) is -3.87. The van der Waals surface area contributed by atoms with Crippen LogP contribution in [0.15, 0.2) is 27.2 Å². The quantitative estimate of drug-likeness (QED) is 0.472. The van der Waals surface area contributed by atoms with Crippen LogP contribution in [-0.4, -0.2) is 77.1 Å². The molecule has 1 aromatic carbocycles. The van der Waals surface area contributed by atoms with Crippen LogP contribution in [-0.2, 0) is 6.54 Å². The topological polar surface area (TPSA) is 107 Å². The SMILES string of the molecule is COc1ccc(OCC(F)(F)F)c(C(=O)N2CCCN(Cc3noc(-c4c(C)noc4C)n3)CC2)c1. The molecule has 10 nitrogen and oxygen atoms in total. The smallest absolute Gasteiger partial charge is 0.422 e. The van der Waals surface area contributed by atoms with E-state index in [1.807, 2.05) is 0 Å². The zero-order valence-corrected chi connectivity index (χ0v) is 20.1. The number of nitrogens with zero attached hydrogens (tertiary/aromatic N) is 5. The number of alkyl halides is 3. The van der Waals surface area contributed by atoms with Crippen molar-refractivity contribution in [3.05, 3.63) is 41.0 Å². The molecular weight excluding hydrogens is 483 g/mol. The van der Waals surface area contributed by atoms with Crippen molar-refractivity contribution in [3.63, 3.8) is 0 Å². The van der Waals surface area contributed by atoms with Crippen LogP contribution in [0.1, 0.15) is 34.1 Å². The van der Waals surface area contributed by atoms with Gasteiger partial charge in [0.1, 0.15) is 22.8 Å². The number of aryl methyl sites for hydroxylation is 2. The summed E-state index contributed by atoms with van der Waals surface area (Å²) in [5.41, 5.74) is 1.35. The van der Waals surface area contributed by atoms with Crippen molar-refractivity contribution in [2.75, 3.05) is 39.9 Å². The summed E-state index contributed by atoms with van der Waals surface area (Å²) in [4.78, 5) is 21.4. The highest BCUT2D eigenvalue weighted by Crippen LogP contribution is 2.28. The van der Waals surface area contributed by atoms with Gasteiger partial charge in [-0.25, -0.2) is 0 Å². The first-order valence-electron chi connectivity index (χ1n) is 11.3. The zero-order chi connectivity index (χ0) is 25.9. The monoisotopic (exact) mass is 509 g/mol. The number of benzene rings is 1. The average Bonchev–Trinajstić information content (AvgIpc) is 3.34. The number of aromatic nitrogens is 3. The average molecular weight is 509 g/mol. The number of carbonyl (C=O) groups is 1. The van der Waals surface area contributed by atoms with Crippen molar-refractivity contribution in [2.24, 2.45) is 0 Å². The molecule has 0 spiro atoms. The fourth-order valence-corrected chi connectivity index (χ4v) is 4.00. The Morgan fingerprint density at radius 3 is 2.61 bits per heavy atom. The zero-order valence-electron chi connectivity index (χ0n) is 20.1. The Balaban J connectivity index is 1.42. The first-order chi connectivity index (χ1) is 17.1. The normalized spacial score (nSPS) is 15.1. The minimum absolute atomic E-state index is 0.0225. The van der Waals surface area contributed by atoms with Crippen molar-refractivity contribution >= 4 is 5.91 Å². The molecule has 1 aliphatic rings. The Morgan fingerprint density at radius 1 is 1.11 bits per heavy atom. The third-order valence-electron chi connectivity index (χ3n) is 5.76. The highest BCUT2D eigenvalue weighted by molar-refractivity contribution is 5.97. The number of methoxy groups -OCH3 is 1. The van der Waals surface area contributed by atoms with Gasteiger partial charge in [0.15, 0.2) is 12.4 Å². The fraction of sp³-hybridized carbons (Fsp3) is 0.478. The molecule has 36 heavy (non-hydrogen) atoms. The Labute approximate surface area is 204 Å². The van der Waals surface area contributed by atoms with Gasteiger partial charge in [-0.15, -0.1) is 0 Å². The van der Waals surface area contributed by atoms with Gasteiger partial charge in [0.2, 0.25) is 0 Å². The number of carbonyl (C=O) groups excluding carboxylic acids is 1. The van der Waals surface area contributed by atoms with Crippen molar-refractivity contribution < 1.29 is 36.5 Å². The maximum Gasteiger partial charge on any atom is 0.422 e. The minimum Gasteiger partial charge on any atom is -0.497 e. The Kier molecular flexibility index (Phi) is 7.48. The van der Waals surface area contributed by atoms with Crippen molar-refractivity contribution in [1.29, 1.82) is 0 Å². The predicted octanol–water partition coefficient (Wildman–Crippen LogP) is 3.64. The van der Waals surface area contributed by atoms with Crippen LogP contribution in [0.2, 0.25) is 0 Å². The molecule has 0 unspecified atom stereocenters. The van der Waals surface area contributed by atoms with Gasteiger partial charge in [-0.05, 0) is 38.5 Å². The summed E-state index contributed by atoms with van der Waals surface area (Å²) in [5.74, 6) is 1.19. The van der Waals surface area contributed by atoms with Crippen LogP contribution >= 0.6 is 0 Å². The second-order valence-electron chi connectivity index (χ2n) is 8.40. The highest BCUT2D eigenvalue weighted by Gasteiger charge is 2.30. The summed E-state index contributed by atoms with van der Waals surface area (Å²) in [6.45, 7) is 4.46. The van der Waals surface area contributed by atoms with Gasteiger partial charge in [-0.3, -0.25) is 9.69 Å². The van der Waals surface area contributed by atoms with Gasteiger partial charge in [0.05, 0.1) is 24.9 Å². The van der Waals surface area contributed by atoms with Crippen LogP contribution in [0.4, 0.5) is 13.2 Å². The summed E-state index contributed by atoms with van der Waals surface area (Å²) < 4.78 is 58.7. The second kappa shape index (κ2) is 10.6.